The van der Waals surface area contributed by atoms with Crippen molar-refractivity contribution >= 4 is 17.5 Å². The average Bonchev–Trinajstić information content (AvgIpc) is 2.49. The third-order valence-electron chi connectivity index (χ3n) is 4.06. The zero-order valence-electron chi connectivity index (χ0n) is 12.2. The third-order valence-corrected chi connectivity index (χ3v) is 4.55. The third kappa shape index (κ3) is 2.68. The van der Waals surface area contributed by atoms with Gasteiger partial charge in [0.25, 0.3) is 5.91 Å². The van der Waals surface area contributed by atoms with E-state index in [4.69, 9.17) is 11.6 Å². The summed E-state index contributed by atoms with van der Waals surface area (Å²) in [5.41, 5.74) is 6.30. The minimum Gasteiger partial charge on any atom is -0.352 e. The number of hydrogen-bond donors (Lipinski definition) is 1. The van der Waals surface area contributed by atoms with E-state index in [1.165, 1.54) is 11.1 Å². The quantitative estimate of drug-likeness (QED) is 0.837. The summed E-state index contributed by atoms with van der Waals surface area (Å²) in [6, 6.07) is 12.3. The van der Waals surface area contributed by atoms with Gasteiger partial charge in [0, 0.05) is 12.1 Å². The lowest BCUT2D eigenvalue weighted by atomic mass is 9.93. The number of halogens is 1. The van der Waals surface area contributed by atoms with Crippen LogP contribution in [0.25, 0.3) is 0 Å². The van der Waals surface area contributed by atoms with Gasteiger partial charge in [0.1, 0.15) is 0 Å². The Hall–Kier alpha value is -1.80. The van der Waals surface area contributed by atoms with E-state index >= 15 is 0 Å². The van der Waals surface area contributed by atoms with Crippen LogP contribution in [0.5, 0.6) is 0 Å². The molecule has 3 heteroatoms. The Kier molecular flexibility index (Phi) is 3.73. The molecule has 0 saturated heterocycles. The lowest BCUT2D eigenvalue weighted by Gasteiger charge is -2.20. The number of fused-ring (bicyclic) bond motifs is 1. The topological polar surface area (TPSA) is 29.1 Å². The van der Waals surface area contributed by atoms with E-state index in [0.717, 1.165) is 28.7 Å². The molecular formula is C18H18ClNO. The van der Waals surface area contributed by atoms with E-state index in [9.17, 15) is 4.79 Å². The van der Waals surface area contributed by atoms with Crippen LogP contribution < -0.4 is 5.32 Å². The number of carbonyl (C=O) groups excluding carboxylic acids is 1. The first-order chi connectivity index (χ1) is 10.1. The Morgan fingerprint density at radius 2 is 1.95 bits per heavy atom. The van der Waals surface area contributed by atoms with Gasteiger partial charge in [-0.2, -0.15) is 0 Å². The number of carbonyl (C=O) groups is 1. The van der Waals surface area contributed by atoms with E-state index in [2.05, 4.69) is 37.4 Å². The highest BCUT2D eigenvalue weighted by atomic mass is 35.5. The van der Waals surface area contributed by atoms with Crippen molar-refractivity contribution in [1.29, 1.82) is 0 Å². The second-order valence-corrected chi connectivity index (χ2v) is 6.08. The van der Waals surface area contributed by atoms with Crippen LogP contribution in [0, 0.1) is 13.8 Å². The van der Waals surface area contributed by atoms with Gasteiger partial charge in [0.2, 0.25) is 0 Å². The van der Waals surface area contributed by atoms with Gasteiger partial charge >= 0.3 is 0 Å². The van der Waals surface area contributed by atoms with Crippen molar-refractivity contribution in [2.75, 3.05) is 6.54 Å². The molecule has 0 bridgehead atoms. The van der Waals surface area contributed by atoms with E-state index in [-0.39, 0.29) is 11.3 Å². The molecule has 2 aromatic carbocycles. The summed E-state index contributed by atoms with van der Waals surface area (Å²) in [6.45, 7) is 4.84. The van der Waals surface area contributed by atoms with Crippen molar-refractivity contribution in [3.63, 3.8) is 0 Å². The molecule has 1 amide bonds. The van der Waals surface area contributed by atoms with Crippen LogP contribution in [-0.2, 0) is 6.42 Å². The molecule has 0 spiro atoms. The fourth-order valence-corrected chi connectivity index (χ4v) is 3.17. The highest BCUT2D eigenvalue weighted by Gasteiger charge is 2.20. The largest absolute Gasteiger partial charge is 0.352 e. The Balaban J connectivity index is 2.02. The minimum atomic E-state index is -0.232. The van der Waals surface area contributed by atoms with Gasteiger partial charge in [-0.25, -0.2) is 0 Å². The molecule has 0 aliphatic carbocycles. The smallest absolute Gasteiger partial charge is 0.251 e. The Labute approximate surface area is 130 Å². The SMILES string of the molecule is Cc1ccc(C)c(C(Cl)c2ccc3c(c2)C(=O)NCC3)c1. The summed E-state index contributed by atoms with van der Waals surface area (Å²) in [6.07, 6.45) is 0.887. The van der Waals surface area contributed by atoms with Crippen LogP contribution in [0.4, 0.5) is 0 Å². The number of nitrogens with one attached hydrogen (secondary N) is 1. The first-order valence-electron chi connectivity index (χ1n) is 7.18. The number of alkyl halides is 1. The summed E-state index contributed by atoms with van der Waals surface area (Å²) in [5, 5.41) is 2.65. The van der Waals surface area contributed by atoms with Crippen LogP contribution in [0.15, 0.2) is 36.4 Å². The summed E-state index contributed by atoms with van der Waals surface area (Å²) in [5.74, 6) is 0.00271. The van der Waals surface area contributed by atoms with Crippen LogP contribution >= 0.6 is 11.6 Å². The molecule has 0 saturated carbocycles. The highest BCUT2D eigenvalue weighted by Crippen LogP contribution is 2.33. The minimum absolute atomic E-state index is 0.00271. The molecule has 1 atom stereocenters. The maximum absolute atomic E-state index is 12.0. The Morgan fingerprint density at radius 3 is 2.76 bits per heavy atom. The van der Waals surface area contributed by atoms with Crippen molar-refractivity contribution in [2.45, 2.75) is 25.6 Å². The molecule has 2 nitrogen and oxygen atoms in total. The molecule has 1 unspecified atom stereocenters. The first-order valence-corrected chi connectivity index (χ1v) is 7.62. The van der Waals surface area contributed by atoms with Gasteiger partial charge in [-0.15, -0.1) is 11.6 Å². The molecule has 0 fully saturated rings. The van der Waals surface area contributed by atoms with Crippen molar-refractivity contribution in [3.05, 3.63) is 69.8 Å². The van der Waals surface area contributed by atoms with Crippen LogP contribution in [0.2, 0.25) is 0 Å². The standard InChI is InChI=1S/C18H18ClNO/c1-11-3-4-12(2)15(9-11)17(19)14-6-5-13-7-8-20-18(21)16(13)10-14/h3-6,9-10,17H,7-8H2,1-2H3,(H,20,21). The number of amides is 1. The summed E-state index contributed by atoms with van der Waals surface area (Å²) in [4.78, 5) is 12.0. The Morgan fingerprint density at radius 1 is 1.14 bits per heavy atom. The summed E-state index contributed by atoms with van der Waals surface area (Å²) in [7, 11) is 0. The van der Waals surface area contributed by atoms with Crippen molar-refractivity contribution in [3.8, 4) is 0 Å². The van der Waals surface area contributed by atoms with Gasteiger partial charge in [0.05, 0.1) is 5.38 Å². The fraction of sp³-hybridized carbons (Fsp3) is 0.278. The van der Waals surface area contributed by atoms with Gasteiger partial charge < -0.3 is 5.32 Å². The van der Waals surface area contributed by atoms with Gasteiger partial charge in [-0.1, -0.05) is 35.9 Å². The molecule has 21 heavy (non-hydrogen) atoms. The first kappa shape index (κ1) is 14.2. The predicted molar refractivity (Wildman–Crippen MR) is 86.1 cm³/mol. The molecule has 3 rings (SSSR count). The van der Waals surface area contributed by atoms with Gasteiger partial charge in [-0.3, -0.25) is 4.79 Å². The lowest BCUT2D eigenvalue weighted by Crippen LogP contribution is -2.31. The maximum Gasteiger partial charge on any atom is 0.251 e. The second-order valence-electron chi connectivity index (χ2n) is 5.65. The maximum atomic E-state index is 12.0. The van der Waals surface area contributed by atoms with Crippen molar-refractivity contribution < 1.29 is 4.79 Å². The molecule has 0 aromatic heterocycles. The van der Waals surface area contributed by atoms with E-state index in [1.54, 1.807) is 0 Å². The van der Waals surface area contributed by atoms with E-state index in [1.807, 2.05) is 18.2 Å². The van der Waals surface area contributed by atoms with Crippen LogP contribution in [-0.4, -0.2) is 12.5 Å². The zero-order valence-corrected chi connectivity index (χ0v) is 13.0. The monoisotopic (exact) mass is 299 g/mol. The number of rotatable bonds is 2. The van der Waals surface area contributed by atoms with Crippen LogP contribution in [0.1, 0.15) is 43.6 Å². The van der Waals surface area contributed by atoms with Crippen LogP contribution in [0.3, 0.4) is 0 Å². The van der Waals surface area contributed by atoms with E-state index < -0.39 is 0 Å². The van der Waals surface area contributed by atoms with Gasteiger partial charge in [-0.05, 0) is 48.6 Å². The van der Waals surface area contributed by atoms with Gasteiger partial charge in [0.15, 0.2) is 0 Å². The molecule has 1 N–H and O–H groups in total. The molecular weight excluding hydrogens is 282 g/mol. The molecule has 0 radical (unpaired) electrons. The molecule has 108 valence electrons. The van der Waals surface area contributed by atoms with Crippen molar-refractivity contribution in [2.24, 2.45) is 0 Å². The molecule has 1 heterocycles. The van der Waals surface area contributed by atoms with E-state index in [0.29, 0.717) is 6.54 Å². The summed E-state index contributed by atoms with van der Waals surface area (Å²) >= 11 is 6.67. The lowest BCUT2D eigenvalue weighted by molar-refractivity contribution is 0.0946. The fourth-order valence-electron chi connectivity index (χ4n) is 2.80. The normalized spacial score (nSPS) is 15.3. The molecule has 2 aromatic rings. The second kappa shape index (κ2) is 5.53. The Bertz CT molecular complexity index is 708. The van der Waals surface area contributed by atoms with Crippen molar-refractivity contribution in [1.82, 2.24) is 5.32 Å². The number of hydrogen-bond acceptors (Lipinski definition) is 1. The zero-order chi connectivity index (χ0) is 15.0. The molecule has 1 aliphatic heterocycles. The molecule has 1 aliphatic rings. The average molecular weight is 300 g/mol. The summed E-state index contributed by atoms with van der Waals surface area (Å²) < 4.78 is 0. The predicted octanol–water partition coefficient (Wildman–Crippen LogP) is 3.92. The number of aryl methyl sites for hydroxylation is 2. The highest BCUT2D eigenvalue weighted by molar-refractivity contribution is 6.22. The number of benzene rings is 2.